The predicted molar refractivity (Wildman–Crippen MR) is 81.8 cm³/mol. The smallest absolute Gasteiger partial charge is 0.224 e. The number of nitrogens with zero attached hydrogens (tertiary/aromatic N) is 1. The number of carbonyl (C=O) groups is 1. The van der Waals surface area contributed by atoms with Gasteiger partial charge in [-0.05, 0) is 43.5 Å². The molecule has 0 heterocycles. The maximum atomic E-state index is 11.8. The molecule has 0 saturated heterocycles. The van der Waals surface area contributed by atoms with Crippen LogP contribution in [0.1, 0.15) is 50.5 Å². The molecule has 0 bridgehead atoms. The average Bonchev–Trinajstić information content (AvgIpc) is 2.53. The van der Waals surface area contributed by atoms with E-state index in [2.05, 4.69) is 11.4 Å². The lowest BCUT2D eigenvalue weighted by atomic mass is 9.98. The molecule has 21 heavy (non-hydrogen) atoms. The molecule has 1 aromatic rings. The van der Waals surface area contributed by atoms with Crippen LogP contribution in [0, 0.1) is 11.3 Å². The SMILES string of the molecule is N#Cc1ccc(NC(=O)CCCOC2CCCCC2)cc1. The molecule has 0 atom stereocenters. The summed E-state index contributed by atoms with van der Waals surface area (Å²) < 4.78 is 5.80. The van der Waals surface area contributed by atoms with Crippen molar-refractivity contribution < 1.29 is 9.53 Å². The Labute approximate surface area is 126 Å². The topological polar surface area (TPSA) is 62.1 Å². The van der Waals surface area contributed by atoms with Gasteiger partial charge in [0.25, 0.3) is 0 Å². The molecule has 0 unspecified atom stereocenters. The lowest BCUT2D eigenvalue weighted by molar-refractivity contribution is -0.116. The van der Waals surface area contributed by atoms with Crippen LogP contribution in [-0.4, -0.2) is 18.6 Å². The zero-order chi connectivity index (χ0) is 14.9. The summed E-state index contributed by atoms with van der Waals surface area (Å²) in [5.41, 5.74) is 1.32. The van der Waals surface area contributed by atoms with E-state index in [4.69, 9.17) is 10.00 Å². The Hall–Kier alpha value is -1.86. The predicted octanol–water partition coefficient (Wildman–Crippen LogP) is 3.63. The molecule has 0 aliphatic heterocycles. The van der Waals surface area contributed by atoms with Gasteiger partial charge in [0, 0.05) is 18.7 Å². The summed E-state index contributed by atoms with van der Waals surface area (Å²) in [4.78, 5) is 11.8. The summed E-state index contributed by atoms with van der Waals surface area (Å²) in [5.74, 6) is -0.00745. The van der Waals surface area contributed by atoms with Crippen LogP contribution in [0.3, 0.4) is 0 Å². The van der Waals surface area contributed by atoms with Crippen LogP contribution >= 0.6 is 0 Å². The Bertz CT molecular complexity index is 485. The summed E-state index contributed by atoms with van der Waals surface area (Å²) in [6, 6.07) is 8.93. The van der Waals surface area contributed by atoms with Crippen LogP contribution in [0.4, 0.5) is 5.69 Å². The second-order valence-corrected chi connectivity index (χ2v) is 5.47. The fraction of sp³-hybridized carbons (Fsp3) is 0.529. The van der Waals surface area contributed by atoms with Crippen molar-refractivity contribution in [3.63, 3.8) is 0 Å². The van der Waals surface area contributed by atoms with Gasteiger partial charge < -0.3 is 10.1 Å². The Morgan fingerprint density at radius 1 is 1.24 bits per heavy atom. The second kappa shape index (κ2) is 8.43. The van der Waals surface area contributed by atoms with Crippen LogP contribution in [0.2, 0.25) is 0 Å². The highest BCUT2D eigenvalue weighted by Crippen LogP contribution is 2.20. The van der Waals surface area contributed by atoms with Gasteiger partial charge in [0.05, 0.1) is 17.7 Å². The van der Waals surface area contributed by atoms with E-state index in [0.29, 0.717) is 24.7 Å². The fourth-order valence-electron chi connectivity index (χ4n) is 2.57. The van der Waals surface area contributed by atoms with Crippen molar-refractivity contribution in [2.24, 2.45) is 0 Å². The molecule has 0 spiro atoms. The van der Waals surface area contributed by atoms with Crippen molar-refractivity contribution in [3.8, 4) is 6.07 Å². The summed E-state index contributed by atoms with van der Waals surface area (Å²) in [6.07, 6.45) is 7.81. The molecule has 0 radical (unpaired) electrons. The van der Waals surface area contributed by atoms with Crippen molar-refractivity contribution in [2.45, 2.75) is 51.0 Å². The van der Waals surface area contributed by atoms with E-state index >= 15 is 0 Å². The summed E-state index contributed by atoms with van der Waals surface area (Å²) in [7, 11) is 0. The zero-order valence-electron chi connectivity index (χ0n) is 12.3. The van der Waals surface area contributed by atoms with Gasteiger partial charge in [-0.1, -0.05) is 19.3 Å². The maximum Gasteiger partial charge on any atom is 0.224 e. The molecule has 2 rings (SSSR count). The van der Waals surface area contributed by atoms with Crippen molar-refractivity contribution in [2.75, 3.05) is 11.9 Å². The molecule has 1 amide bonds. The molecular weight excluding hydrogens is 264 g/mol. The minimum atomic E-state index is -0.00745. The summed E-state index contributed by atoms with van der Waals surface area (Å²) >= 11 is 0. The summed E-state index contributed by atoms with van der Waals surface area (Å²) in [5, 5.41) is 11.5. The Morgan fingerprint density at radius 2 is 1.95 bits per heavy atom. The average molecular weight is 286 g/mol. The number of benzene rings is 1. The number of hydrogen-bond acceptors (Lipinski definition) is 3. The highest BCUT2D eigenvalue weighted by molar-refractivity contribution is 5.90. The van der Waals surface area contributed by atoms with Gasteiger partial charge in [0.15, 0.2) is 0 Å². The molecule has 1 aliphatic rings. The number of rotatable bonds is 6. The second-order valence-electron chi connectivity index (χ2n) is 5.47. The van der Waals surface area contributed by atoms with Gasteiger partial charge in [-0.3, -0.25) is 4.79 Å². The standard InChI is InChI=1S/C17H22N2O2/c18-13-14-8-10-15(11-9-14)19-17(20)7-4-12-21-16-5-2-1-3-6-16/h8-11,16H,1-7,12H2,(H,19,20). The Morgan fingerprint density at radius 3 is 2.62 bits per heavy atom. The number of nitrogens with one attached hydrogen (secondary N) is 1. The van der Waals surface area contributed by atoms with E-state index in [1.165, 1.54) is 19.3 Å². The molecule has 1 aromatic carbocycles. The van der Waals surface area contributed by atoms with Crippen LogP contribution in [0.5, 0.6) is 0 Å². The van der Waals surface area contributed by atoms with Gasteiger partial charge >= 0.3 is 0 Å². The first-order chi connectivity index (χ1) is 10.3. The molecule has 4 nitrogen and oxygen atoms in total. The normalized spacial score (nSPS) is 15.4. The minimum Gasteiger partial charge on any atom is -0.378 e. The largest absolute Gasteiger partial charge is 0.378 e. The number of ether oxygens (including phenoxy) is 1. The van der Waals surface area contributed by atoms with Gasteiger partial charge in [-0.15, -0.1) is 0 Å². The van der Waals surface area contributed by atoms with Gasteiger partial charge in [-0.25, -0.2) is 0 Å². The van der Waals surface area contributed by atoms with E-state index in [1.54, 1.807) is 24.3 Å². The molecule has 0 aromatic heterocycles. The van der Waals surface area contributed by atoms with E-state index in [0.717, 1.165) is 24.9 Å². The number of nitriles is 1. The first-order valence-electron chi connectivity index (χ1n) is 7.69. The maximum absolute atomic E-state index is 11.8. The first-order valence-corrected chi connectivity index (χ1v) is 7.69. The quantitative estimate of drug-likeness (QED) is 0.812. The first kappa shape index (κ1) is 15.5. The molecule has 1 fully saturated rings. The van der Waals surface area contributed by atoms with E-state index < -0.39 is 0 Å². The van der Waals surface area contributed by atoms with Gasteiger partial charge in [0.1, 0.15) is 0 Å². The number of amides is 1. The van der Waals surface area contributed by atoms with Crippen LogP contribution in [0.25, 0.3) is 0 Å². The molecule has 112 valence electrons. The monoisotopic (exact) mass is 286 g/mol. The Balaban J connectivity index is 1.61. The third kappa shape index (κ3) is 5.57. The van der Waals surface area contributed by atoms with Crippen molar-refractivity contribution in [3.05, 3.63) is 29.8 Å². The number of carbonyl (C=O) groups excluding carboxylic acids is 1. The molecule has 4 heteroatoms. The van der Waals surface area contributed by atoms with Crippen LogP contribution in [-0.2, 0) is 9.53 Å². The van der Waals surface area contributed by atoms with Crippen LogP contribution in [0.15, 0.2) is 24.3 Å². The molecule has 1 N–H and O–H groups in total. The highest BCUT2D eigenvalue weighted by atomic mass is 16.5. The van der Waals surface area contributed by atoms with Crippen molar-refractivity contribution in [1.82, 2.24) is 0 Å². The van der Waals surface area contributed by atoms with Crippen molar-refractivity contribution in [1.29, 1.82) is 5.26 Å². The summed E-state index contributed by atoms with van der Waals surface area (Å²) in [6.45, 7) is 0.658. The molecule has 1 aliphatic carbocycles. The lowest BCUT2D eigenvalue weighted by Gasteiger charge is -2.21. The van der Waals surface area contributed by atoms with Gasteiger partial charge in [0.2, 0.25) is 5.91 Å². The fourth-order valence-corrected chi connectivity index (χ4v) is 2.57. The minimum absolute atomic E-state index is 0.00745. The molecular formula is C17H22N2O2. The lowest BCUT2D eigenvalue weighted by Crippen LogP contribution is -2.18. The van der Waals surface area contributed by atoms with E-state index in [1.807, 2.05) is 0 Å². The third-order valence-corrected chi connectivity index (χ3v) is 3.75. The van der Waals surface area contributed by atoms with E-state index in [-0.39, 0.29) is 5.91 Å². The van der Waals surface area contributed by atoms with E-state index in [9.17, 15) is 4.79 Å². The number of anilines is 1. The highest BCUT2D eigenvalue weighted by Gasteiger charge is 2.13. The molecule has 1 saturated carbocycles. The van der Waals surface area contributed by atoms with Gasteiger partial charge in [-0.2, -0.15) is 5.26 Å². The third-order valence-electron chi connectivity index (χ3n) is 3.75. The van der Waals surface area contributed by atoms with Crippen molar-refractivity contribution >= 4 is 11.6 Å². The Kier molecular flexibility index (Phi) is 6.23. The number of hydrogen-bond donors (Lipinski definition) is 1. The van der Waals surface area contributed by atoms with Crippen LogP contribution < -0.4 is 5.32 Å². The zero-order valence-corrected chi connectivity index (χ0v) is 12.3.